The molecule has 0 saturated heterocycles. The molecular formula is C16H23NO2. The van der Waals surface area contributed by atoms with Crippen molar-refractivity contribution in [2.45, 2.75) is 33.0 Å². The summed E-state index contributed by atoms with van der Waals surface area (Å²) in [6.45, 7) is 8.31. The van der Waals surface area contributed by atoms with Gasteiger partial charge >= 0.3 is 0 Å². The summed E-state index contributed by atoms with van der Waals surface area (Å²) in [5.41, 5.74) is 7.33. The van der Waals surface area contributed by atoms with Crippen molar-refractivity contribution in [1.82, 2.24) is 0 Å². The van der Waals surface area contributed by atoms with Crippen molar-refractivity contribution >= 4 is 0 Å². The molecule has 0 heterocycles. The molecule has 0 aromatic heterocycles. The molecule has 0 saturated carbocycles. The van der Waals surface area contributed by atoms with Crippen molar-refractivity contribution in [2.24, 2.45) is 5.73 Å². The first kappa shape index (κ1) is 15.7. The fourth-order valence-corrected chi connectivity index (χ4v) is 1.43. The standard InChI is InChI=1S/C16H23NO2/c1-16(2,3)19-12-11-18-13-15-8-6-14(7-9-15)5-4-10-17/h6-9H,10-13,17H2,1-3H3. The van der Waals surface area contributed by atoms with Gasteiger partial charge in [-0.1, -0.05) is 24.0 Å². The molecule has 3 heteroatoms. The molecule has 0 aliphatic carbocycles. The van der Waals surface area contributed by atoms with Crippen molar-refractivity contribution in [3.63, 3.8) is 0 Å². The summed E-state index contributed by atoms with van der Waals surface area (Å²) in [7, 11) is 0. The van der Waals surface area contributed by atoms with E-state index in [0.29, 0.717) is 26.4 Å². The molecule has 1 aromatic carbocycles. The number of hydrogen-bond acceptors (Lipinski definition) is 3. The first-order valence-electron chi connectivity index (χ1n) is 6.51. The molecule has 0 radical (unpaired) electrons. The van der Waals surface area contributed by atoms with E-state index >= 15 is 0 Å². The van der Waals surface area contributed by atoms with Gasteiger partial charge in [0.05, 0.1) is 32.0 Å². The predicted molar refractivity (Wildman–Crippen MR) is 77.7 cm³/mol. The van der Waals surface area contributed by atoms with Crippen LogP contribution in [0.1, 0.15) is 31.9 Å². The topological polar surface area (TPSA) is 44.5 Å². The monoisotopic (exact) mass is 261 g/mol. The summed E-state index contributed by atoms with van der Waals surface area (Å²) >= 11 is 0. The summed E-state index contributed by atoms with van der Waals surface area (Å²) < 4.78 is 11.1. The van der Waals surface area contributed by atoms with Crippen LogP contribution in [-0.2, 0) is 16.1 Å². The Balaban J connectivity index is 2.27. The molecule has 0 amide bonds. The van der Waals surface area contributed by atoms with E-state index < -0.39 is 0 Å². The van der Waals surface area contributed by atoms with Crippen LogP contribution in [0.5, 0.6) is 0 Å². The second-order valence-corrected chi connectivity index (χ2v) is 5.22. The zero-order valence-corrected chi connectivity index (χ0v) is 12.0. The summed E-state index contributed by atoms with van der Waals surface area (Å²) in [6, 6.07) is 8.00. The Morgan fingerprint density at radius 2 is 1.79 bits per heavy atom. The first-order chi connectivity index (χ1) is 9.01. The average Bonchev–Trinajstić information content (AvgIpc) is 2.36. The quantitative estimate of drug-likeness (QED) is 0.653. The van der Waals surface area contributed by atoms with Gasteiger partial charge in [-0.25, -0.2) is 0 Å². The third kappa shape index (κ3) is 7.63. The molecule has 3 nitrogen and oxygen atoms in total. The molecule has 0 unspecified atom stereocenters. The minimum atomic E-state index is -0.104. The molecule has 1 aromatic rings. The van der Waals surface area contributed by atoms with E-state index in [1.165, 1.54) is 0 Å². The van der Waals surface area contributed by atoms with Crippen LogP contribution in [0.2, 0.25) is 0 Å². The normalized spacial score (nSPS) is 10.9. The minimum Gasteiger partial charge on any atom is -0.374 e. The molecule has 1 rings (SSSR count). The minimum absolute atomic E-state index is 0.104. The van der Waals surface area contributed by atoms with E-state index in [1.54, 1.807) is 0 Å². The number of hydrogen-bond donors (Lipinski definition) is 1. The van der Waals surface area contributed by atoms with E-state index in [9.17, 15) is 0 Å². The Kier molecular flexibility index (Phi) is 6.58. The van der Waals surface area contributed by atoms with Crippen LogP contribution in [0.4, 0.5) is 0 Å². The number of rotatable bonds is 5. The van der Waals surface area contributed by atoms with Gasteiger partial charge in [0.1, 0.15) is 0 Å². The zero-order chi connectivity index (χ0) is 14.1. The predicted octanol–water partition coefficient (Wildman–Crippen LogP) is 2.33. The van der Waals surface area contributed by atoms with Crippen molar-refractivity contribution in [2.75, 3.05) is 19.8 Å². The molecule has 0 atom stereocenters. The second kappa shape index (κ2) is 7.96. The molecule has 0 bridgehead atoms. The van der Waals surface area contributed by atoms with Crippen LogP contribution in [-0.4, -0.2) is 25.4 Å². The summed E-state index contributed by atoms with van der Waals surface area (Å²) in [4.78, 5) is 0. The molecular weight excluding hydrogens is 238 g/mol. The smallest absolute Gasteiger partial charge is 0.0718 e. The largest absolute Gasteiger partial charge is 0.374 e. The number of nitrogens with two attached hydrogens (primary N) is 1. The van der Waals surface area contributed by atoms with Crippen LogP contribution in [0, 0.1) is 11.8 Å². The Hall–Kier alpha value is -1.34. The van der Waals surface area contributed by atoms with Crippen LogP contribution >= 0.6 is 0 Å². The summed E-state index contributed by atoms with van der Waals surface area (Å²) in [6.07, 6.45) is 0. The maximum atomic E-state index is 5.58. The van der Waals surface area contributed by atoms with Gasteiger partial charge in [0, 0.05) is 5.56 Å². The van der Waals surface area contributed by atoms with Gasteiger partial charge < -0.3 is 15.2 Å². The van der Waals surface area contributed by atoms with E-state index in [2.05, 4.69) is 11.8 Å². The van der Waals surface area contributed by atoms with Gasteiger partial charge in [-0.15, -0.1) is 0 Å². The lowest BCUT2D eigenvalue weighted by Crippen LogP contribution is -2.21. The van der Waals surface area contributed by atoms with Crippen LogP contribution < -0.4 is 5.73 Å². The fraction of sp³-hybridized carbons (Fsp3) is 0.500. The maximum absolute atomic E-state index is 5.58. The SMILES string of the molecule is CC(C)(C)OCCOCc1ccc(C#CCN)cc1. The molecule has 0 spiro atoms. The lowest BCUT2D eigenvalue weighted by molar-refractivity contribution is -0.0376. The number of ether oxygens (including phenoxy) is 2. The van der Waals surface area contributed by atoms with Gasteiger partial charge in [0.25, 0.3) is 0 Å². The Morgan fingerprint density at radius 3 is 2.37 bits per heavy atom. The highest BCUT2D eigenvalue weighted by Crippen LogP contribution is 2.07. The third-order valence-electron chi connectivity index (χ3n) is 2.32. The van der Waals surface area contributed by atoms with Gasteiger partial charge in [-0.2, -0.15) is 0 Å². The van der Waals surface area contributed by atoms with Crippen LogP contribution in [0.3, 0.4) is 0 Å². The Labute approximate surface area is 116 Å². The first-order valence-corrected chi connectivity index (χ1v) is 6.51. The zero-order valence-electron chi connectivity index (χ0n) is 12.0. The van der Waals surface area contributed by atoms with Gasteiger partial charge in [-0.05, 0) is 38.5 Å². The van der Waals surface area contributed by atoms with Crippen molar-refractivity contribution < 1.29 is 9.47 Å². The van der Waals surface area contributed by atoms with Gasteiger partial charge in [0.15, 0.2) is 0 Å². The highest BCUT2D eigenvalue weighted by atomic mass is 16.5. The highest BCUT2D eigenvalue weighted by Gasteiger charge is 2.08. The second-order valence-electron chi connectivity index (χ2n) is 5.22. The average molecular weight is 261 g/mol. The van der Waals surface area contributed by atoms with Crippen LogP contribution in [0.15, 0.2) is 24.3 Å². The van der Waals surface area contributed by atoms with Crippen molar-refractivity contribution in [3.8, 4) is 11.8 Å². The molecule has 0 aliphatic heterocycles. The highest BCUT2D eigenvalue weighted by molar-refractivity contribution is 5.36. The van der Waals surface area contributed by atoms with E-state index in [-0.39, 0.29) is 5.60 Å². The Morgan fingerprint density at radius 1 is 1.11 bits per heavy atom. The molecule has 2 N–H and O–H groups in total. The van der Waals surface area contributed by atoms with Crippen LogP contribution in [0.25, 0.3) is 0 Å². The van der Waals surface area contributed by atoms with Gasteiger partial charge in [0.2, 0.25) is 0 Å². The molecule has 0 aliphatic rings. The van der Waals surface area contributed by atoms with Crippen molar-refractivity contribution in [3.05, 3.63) is 35.4 Å². The van der Waals surface area contributed by atoms with E-state index in [0.717, 1.165) is 11.1 Å². The summed E-state index contributed by atoms with van der Waals surface area (Å²) in [5.74, 6) is 5.82. The molecule has 0 fully saturated rings. The fourth-order valence-electron chi connectivity index (χ4n) is 1.43. The van der Waals surface area contributed by atoms with E-state index in [4.69, 9.17) is 15.2 Å². The van der Waals surface area contributed by atoms with Gasteiger partial charge in [-0.3, -0.25) is 0 Å². The lowest BCUT2D eigenvalue weighted by atomic mass is 10.1. The lowest BCUT2D eigenvalue weighted by Gasteiger charge is -2.19. The maximum Gasteiger partial charge on any atom is 0.0718 e. The molecule has 19 heavy (non-hydrogen) atoms. The summed E-state index contributed by atoms with van der Waals surface area (Å²) in [5, 5.41) is 0. The Bertz CT molecular complexity index is 421. The number of benzene rings is 1. The third-order valence-corrected chi connectivity index (χ3v) is 2.32. The molecule has 104 valence electrons. The van der Waals surface area contributed by atoms with E-state index in [1.807, 2.05) is 45.0 Å². The van der Waals surface area contributed by atoms with Crippen molar-refractivity contribution in [1.29, 1.82) is 0 Å².